The maximum Gasteiger partial charge on any atom is 0.410 e. The topological polar surface area (TPSA) is 29.5 Å². The Labute approximate surface area is 120 Å². The molecule has 2 rings (SSSR count). The van der Waals surface area contributed by atoms with Crippen molar-refractivity contribution in [1.29, 1.82) is 0 Å². The van der Waals surface area contributed by atoms with Crippen molar-refractivity contribution in [2.45, 2.75) is 39.3 Å². The molecule has 0 bridgehead atoms. The molecule has 0 N–H and O–H groups in total. The first-order valence-corrected chi connectivity index (χ1v) is 7.00. The Kier molecular flexibility index (Phi) is 3.85. The van der Waals surface area contributed by atoms with Gasteiger partial charge in [0.25, 0.3) is 0 Å². The Balaban J connectivity index is 2.14. The lowest BCUT2D eigenvalue weighted by molar-refractivity contribution is 0.0224. The molecule has 1 aromatic rings. The standard InChI is InChI=1S/C14H17BrFNO2/c1-14(2,3)19-13(18)17-5-4-9-7-12(16)11(15)6-10(9)8-17/h6-7H,4-5,8H2,1-3H3. The summed E-state index contributed by atoms with van der Waals surface area (Å²) in [5.74, 6) is -0.260. The zero-order valence-corrected chi connectivity index (χ0v) is 12.9. The summed E-state index contributed by atoms with van der Waals surface area (Å²) >= 11 is 3.17. The molecule has 0 spiro atoms. The number of rotatable bonds is 0. The number of amides is 1. The van der Waals surface area contributed by atoms with Gasteiger partial charge in [0.05, 0.1) is 4.47 Å². The van der Waals surface area contributed by atoms with Crippen molar-refractivity contribution in [3.05, 3.63) is 33.5 Å². The third-order valence-electron chi connectivity index (χ3n) is 2.91. The smallest absolute Gasteiger partial charge is 0.410 e. The lowest BCUT2D eigenvalue weighted by Crippen LogP contribution is -2.39. The predicted molar refractivity (Wildman–Crippen MR) is 74.4 cm³/mol. The molecule has 104 valence electrons. The number of carbonyl (C=O) groups excluding carboxylic acids is 1. The fourth-order valence-electron chi connectivity index (χ4n) is 2.03. The van der Waals surface area contributed by atoms with Crippen LogP contribution in [0.2, 0.25) is 0 Å². The average molecular weight is 330 g/mol. The Morgan fingerprint density at radius 3 is 2.68 bits per heavy atom. The van der Waals surface area contributed by atoms with Gasteiger partial charge in [0.1, 0.15) is 11.4 Å². The first-order chi connectivity index (χ1) is 8.76. The van der Waals surface area contributed by atoms with Crippen molar-refractivity contribution in [3.8, 4) is 0 Å². The molecule has 1 aliphatic heterocycles. The van der Waals surface area contributed by atoms with Gasteiger partial charge in [0.2, 0.25) is 0 Å². The lowest BCUT2D eigenvalue weighted by Gasteiger charge is -2.31. The van der Waals surface area contributed by atoms with E-state index < -0.39 is 5.60 Å². The van der Waals surface area contributed by atoms with Gasteiger partial charge < -0.3 is 9.64 Å². The molecule has 0 atom stereocenters. The van der Waals surface area contributed by atoms with Gasteiger partial charge in [-0.05, 0) is 66.4 Å². The molecule has 1 amide bonds. The molecular formula is C14H17BrFNO2. The van der Waals surface area contributed by atoms with Crippen molar-refractivity contribution in [2.24, 2.45) is 0 Å². The second kappa shape index (κ2) is 5.12. The van der Waals surface area contributed by atoms with Crippen LogP contribution in [-0.4, -0.2) is 23.1 Å². The zero-order chi connectivity index (χ0) is 14.2. The SMILES string of the molecule is CC(C)(C)OC(=O)N1CCc2cc(F)c(Br)cc2C1. The fraction of sp³-hybridized carbons (Fsp3) is 0.500. The summed E-state index contributed by atoms with van der Waals surface area (Å²) in [5.41, 5.74) is 1.42. The van der Waals surface area contributed by atoms with Gasteiger partial charge in [-0.2, -0.15) is 0 Å². The molecule has 0 unspecified atom stereocenters. The van der Waals surface area contributed by atoms with Gasteiger partial charge in [-0.1, -0.05) is 0 Å². The summed E-state index contributed by atoms with van der Waals surface area (Å²) in [6, 6.07) is 3.27. The second-order valence-electron chi connectivity index (χ2n) is 5.69. The highest BCUT2D eigenvalue weighted by Gasteiger charge is 2.26. The molecule has 1 aromatic carbocycles. The highest BCUT2D eigenvalue weighted by Crippen LogP contribution is 2.26. The van der Waals surface area contributed by atoms with E-state index in [1.165, 1.54) is 6.07 Å². The maximum atomic E-state index is 13.4. The number of hydrogen-bond donors (Lipinski definition) is 0. The number of fused-ring (bicyclic) bond motifs is 1. The minimum Gasteiger partial charge on any atom is -0.444 e. The van der Waals surface area contributed by atoms with Gasteiger partial charge in [0.15, 0.2) is 0 Å². The van der Waals surface area contributed by atoms with E-state index in [0.717, 1.165) is 11.1 Å². The van der Waals surface area contributed by atoms with Crippen molar-refractivity contribution in [2.75, 3.05) is 6.54 Å². The van der Waals surface area contributed by atoms with Gasteiger partial charge in [-0.25, -0.2) is 9.18 Å². The minimum absolute atomic E-state index is 0.260. The molecule has 3 nitrogen and oxygen atoms in total. The molecule has 19 heavy (non-hydrogen) atoms. The van der Waals surface area contributed by atoms with Crippen LogP contribution in [0.1, 0.15) is 31.9 Å². The second-order valence-corrected chi connectivity index (χ2v) is 6.54. The van der Waals surface area contributed by atoms with Crippen LogP contribution in [0, 0.1) is 5.82 Å². The normalized spacial score (nSPS) is 15.1. The molecular weight excluding hydrogens is 313 g/mol. The molecule has 0 fully saturated rings. The fourth-order valence-corrected chi connectivity index (χ4v) is 2.42. The summed E-state index contributed by atoms with van der Waals surface area (Å²) in [6.07, 6.45) is 0.331. The molecule has 0 saturated carbocycles. The number of nitrogens with zero attached hydrogens (tertiary/aromatic N) is 1. The molecule has 5 heteroatoms. The van der Waals surface area contributed by atoms with Crippen molar-refractivity contribution in [1.82, 2.24) is 4.90 Å². The van der Waals surface area contributed by atoms with Crippen LogP contribution in [0.4, 0.5) is 9.18 Å². The molecule has 0 aromatic heterocycles. The van der Waals surface area contributed by atoms with E-state index in [1.807, 2.05) is 20.8 Å². The Hall–Kier alpha value is -1.10. The summed E-state index contributed by atoms with van der Waals surface area (Å²) in [6.45, 7) is 6.55. The number of benzene rings is 1. The predicted octanol–water partition coefficient (Wildman–Crippen LogP) is 3.88. The minimum atomic E-state index is -0.499. The highest BCUT2D eigenvalue weighted by molar-refractivity contribution is 9.10. The van der Waals surface area contributed by atoms with Crippen LogP contribution in [0.25, 0.3) is 0 Å². The van der Waals surface area contributed by atoms with E-state index in [2.05, 4.69) is 15.9 Å². The first kappa shape index (κ1) is 14.3. The quantitative estimate of drug-likeness (QED) is 0.722. The third kappa shape index (κ3) is 3.47. The van der Waals surface area contributed by atoms with E-state index >= 15 is 0 Å². The van der Waals surface area contributed by atoms with Crippen LogP contribution in [-0.2, 0) is 17.7 Å². The van der Waals surface area contributed by atoms with Gasteiger partial charge in [-0.15, -0.1) is 0 Å². The number of hydrogen-bond acceptors (Lipinski definition) is 2. The molecule has 0 aliphatic carbocycles. The van der Waals surface area contributed by atoms with Crippen LogP contribution >= 0.6 is 15.9 Å². The van der Waals surface area contributed by atoms with Crippen LogP contribution in [0.5, 0.6) is 0 Å². The Bertz CT molecular complexity index is 511. The average Bonchev–Trinajstić information content (AvgIpc) is 2.27. The van der Waals surface area contributed by atoms with Gasteiger partial charge in [0, 0.05) is 13.1 Å². The summed E-state index contributed by atoms with van der Waals surface area (Å²) in [4.78, 5) is 13.6. The van der Waals surface area contributed by atoms with Crippen LogP contribution < -0.4 is 0 Å². The molecule has 1 aliphatic rings. The number of ether oxygens (including phenoxy) is 1. The van der Waals surface area contributed by atoms with E-state index in [0.29, 0.717) is 24.0 Å². The number of halogens is 2. The van der Waals surface area contributed by atoms with E-state index in [4.69, 9.17) is 4.74 Å². The van der Waals surface area contributed by atoms with Crippen molar-refractivity contribution in [3.63, 3.8) is 0 Å². The third-order valence-corrected chi connectivity index (χ3v) is 3.51. The molecule has 1 heterocycles. The van der Waals surface area contributed by atoms with Crippen molar-refractivity contribution >= 4 is 22.0 Å². The lowest BCUT2D eigenvalue weighted by atomic mass is 10.00. The summed E-state index contributed by atoms with van der Waals surface area (Å²) in [5, 5.41) is 0. The number of carbonyl (C=O) groups is 1. The summed E-state index contributed by atoms with van der Waals surface area (Å²) < 4.78 is 19.2. The molecule has 0 radical (unpaired) electrons. The van der Waals surface area contributed by atoms with E-state index in [-0.39, 0.29) is 11.9 Å². The van der Waals surface area contributed by atoms with Gasteiger partial charge in [-0.3, -0.25) is 0 Å². The van der Waals surface area contributed by atoms with Gasteiger partial charge >= 0.3 is 6.09 Å². The monoisotopic (exact) mass is 329 g/mol. The van der Waals surface area contributed by atoms with Crippen molar-refractivity contribution < 1.29 is 13.9 Å². The van der Waals surface area contributed by atoms with E-state index in [9.17, 15) is 9.18 Å². The maximum absolute atomic E-state index is 13.4. The van der Waals surface area contributed by atoms with Crippen LogP contribution in [0.15, 0.2) is 16.6 Å². The largest absolute Gasteiger partial charge is 0.444 e. The molecule has 0 saturated heterocycles. The first-order valence-electron chi connectivity index (χ1n) is 6.21. The zero-order valence-electron chi connectivity index (χ0n) is 11.3. The highest BCUT2D eigenvalue weighted by atomic mass is 79.9. The Morgan fingerprint density at radius 2 is 2.05 bits per heavy atom. The van der Waals surface area contributed by atoms with Crippen LogP contribution in [0.3, 0.4) is 0 Å². The summed E-state index contributed by atoms with van der Waals surface area (Å²) in [7, 11) is 0. The Morgan fingerprint density at radius 1 is 1.37 bits per heavy atom. The van der Waals surface area contributed by atoms with E-state index in [1.54, 1.807) is 11.0 Å².